The first-order valence-electron chi connectivity index (χ1n) is 11.9. The lowest BCUT2D eigenvalue weighted by Crippen LogP contribution is -2.50. The molecule has 4 heterocycles. The standard InChI is InChI=1S/C28H21Cl2N3O3/c1-14-10-12-15(13-11-14)32-27(34)19-20(28(32)35)26-24-21(25(19)36-26)23(17-8-5-9-18(29)22(17)30)31-33(24)16-6-3-2-4-7-16/h2-13,19-21,24-26H,1H3/t19-,20+,21-,24+,25+,26-/m0/s1. The van der Waals surface area contributed by atoms with E-state index in [1.807, 2.05) is 78.7 Å². The summed E-state index contributed by atoms with van der Waals surface area (Å²) in [5, 5.41) is 7.80. The molecule has 2 amide bonds. The van der Waals surface area contributed by atoms with E-state index in [0.29, 0.717) is 15.7 Å². The lowest BCUT2D eigenvalue weighted by Gasteiger charge is -2.32. The highest BCUT2D eigenvalue weighted by atomic mass is 35.5. The first-order chi connectivity index (χ1) is 17.5. The van der Waals surface area contributed by atoms with Crippen LogP contribution in [0.3, 0.4) is 0 Å². The number of anilines is 2. The number of carbonyl (C=O) groups is 2. The lowest BCUT2D eigenvalue weighted by atomic mass is 9.70. The third kappa shape index (κ3) is 2.92. The van der Waals surface area contributed by atoms with Gasteiger partial charge in [0.2, 0.25) is 11.8 Å². The SMILES string of the molecule is Cc1ccc(N2C(=O)[C@@H]3[C@H]4O[C@@H]([C@@H]3C2=O)[C@H]2[C@@H]4C(c3cccc(Cl)c3Cl)=NN2c2ccccc2)cc1. The fraction of sp³-hybridized carbons (Fsp3) is 0.250. The van der Waals surface area contributed by atoms with Crippen LogP contribution < -0.4 is 9.91 Å². The van der Waals surface area contributed by atoms with Gasteiger partial charge < -0.3 is 4.74 Å². The second-order valence-corrected chi connectivity index (χ2v) is 10.5. The number of carbonyl (C=O) groups excluding carboxylic acids is 2. The molecule has 2 bridgehead atoms. The van der Waals surface area contributed by atoms with E-state index in [-0.39, 0.29) is 23.8 Å². The topological polar surface area (TPSA) is 62.2 Å². The number of amides is 2. The summed E-state index contributed by atoms with van der Waals surface area (Å²) in [6.07, 6.45) is -0.962. The van der Waals surface area contributed by atoms with Gasteiger partial charge in [-0.3, -0.25) is 14.6 Å². The van der Waals surface area contributed by atoms with Gasteiger partial charge in [0.1, 0.15) is 0 Å². The molecule has 0 aromatic heterocycles. The van der Waals surface area contributed by atoms with Crippen molar-refractivity contribution in [2.24, 2.45) is 22.9 Å². The molecule has 4 aliphatic rings. The van der Waals surface area contributed by atoms with Crippen molar-refractivity contribution in [3.63, 3.8) is 0 Å². The molecular formula is C28H21Cl2N3O3. The second kappa shape index (κ2) is 7.90. The predicted octanol–water partition coefficient (Wildman–Crippen LogP) is 5.10. The van der Waals surface area contributed by atoms with E-state index in [0.717, 1.165) is 22.5 Å². The number of nitrogens with zero attached hydrogens (tertiary/aromatic N) is 3. The molecular weight excluding hydrogens is 497 g/mol. The molecule has 36 heavy (non-hydrogen) atoms. The largest absolute Gasteiger partial charge is 0.370 e. The van der Waals surface area contributed by atoms with Crippen molar-refractivity contribution in [1.82, 2.24) is 0 Å². The van der Waals surface area contributed by atoms with Crippen LogP contribution in [-0.2, 0) is 14.3 Å². The Morgan fingerprint density at radius 1 is 0.778 bits per heavy atom. The van der Waals surface area contributed by atoms with Gasteiger partial charge in [-0.25, -0.2) is 4.90 Å². The number of aryl methyl sites for hydroxylation is 1. The van der Waals surface area contributed by atoms with Crippen molar-refractivity contribution in [2.75, 3.05) is 9.91 Å². The van der Waals surface area contributed by atoms with Crippen molar-refractivity contribution >= 4 is 52.1 Å². The Morgan fingerprint density at radius 2 is 1.47 bits per heavy atom. The van der Waals surface area contributed by atoms with E-state index < -0.39 is 24.0 Å². The Hall–Kier alpha value is -3.19. The average Bonchev–Trinajstić information content (AvgIpc) is 3.62. The fourth-order valence-corrected chi connectivity index (χ4v) is 6.70. The highest BCUT2D eigenvalue weighted by Crippen LogP contribution is 2.56. The van der Waals surface area contributed by atoms with Crippen molar-refractivity contribution < 1.29 is 14.3 Å². The molecule has 0 unspecified atom stereocenters. The van der Waals surface area contributed by atoms with Gasteiger partial charge in [-0.05, 0) is 37.3 Å². The quantitative estimate of drug-likeness (QED) is 0.453. The number of halogens is 2. The van der Waals surface area contributed by atoms with E-state index in [1.165, 1.54) is 4.90 Å². The number of imide groups is 1. The van der Waals surface area contributed by atoms with Crippen LogP contribution >= 0.6 is 23.2 Å². The van der Waals surface area contributed by atoms with Crippen LogP contribution in [0.1, 0.15) is 11.1 Å². The summed E-state index contributed by atoms with van der Waals surface area (Å²) in [5.74, 6) is -1.77. The van der Waals surface area contributed by atoms with Gasteiger partial charge in [0.05, 0.1) is 63.1 Å². The summed E-state index contributed by atoms with van der Waals surface area (Å²) in [6, 6.07) is 22.5. The van der Waals surface area contributed by atoms with Gasteiger partial charge in [-0.1, -0.05) is 71.2 Å². The van der Waals surface area contributed by atoms with Gasteiger partial charge in [0.25, 0.3) is 0 Å². The molecule has 180 valence electrons. The number of para-hydroxylation sites is 1. The second-order valence-electron chi connectivity index (χ2n) is 9.75. The molecule has 3 aromatic rings. The predicted molar refractivity (Wildman–Crippen MR) is 139 cm³/mol. The summed E-state index contributed by atoms with van der Waals surface area (Å²) < 4.78 is 6.46. The summed E-state index contributed by atoms with van der Waals surface area (Å²) >= 11 is 13.0. The maximum atomic E-state index is 13.7. The first kappa shape index (κ1) is 22.0. The van der Waals surface area contributed by atoms with Gasteiger partial charge in [-0.2, -0.15) is 5.10 Å². The number of hydrazone groups is 1. The Balaban J connectivity index is 1.34. The Kier molecular flexibility index (Phi) is 4.84. The Bertz CT molecular complexity index is 1440. The molecule has 0 N–H and O–H groups in total. The van der Waals surface area contributed by atoms with Crippen molar-refractivity contribution in [1.29, 1.82) is 0 Å². The molecule has 0 aliphatic carbocycles. The zero-order chi connectivity index (χ0) is 24.7. The molecule has 0 saturated carbocycles. The van der Waals surface area contributed by atoms with Gasteiger partial charge in [0, 0.05) is 5.56 Å². The normalized spacial score (nSPS) is 30.1. The van der Waals surface area contributed by atoms with Crippen LogP contribution in [0.4, 0.5) is 11.4 Å². The molecule has 7 rings (SSSR count). The summed E-state index contributed by atoms with van der Waals surface area (Å²) in [6.45, 7) is 1.97. The fourth-order valence-electron chi connectivity index (χ4n) is 6.31. The van der Waals surface area contributed by atoms with Crippen molar-refractivity contribution in [2.45, 2.75) is 25.2 Å². The minimum absolute atomic E-state index is 0.206. The molecule has 3 saturated heterocycles. The molecule has 3 aromatic carbocycles. The van der Waals surface area contributed by atoms with Gasteiger partial charge >= 0.3 is 0 Å². The van der Waals surface area contributed by atoms with Crippen molar-refractivity contribution in [3.8, 4) is 0 Å². The molecule has 8 heteroatoms. The zero-order valence-electron chi connectivity index (χ0n) is 19.2. The molecule has 6 nitrogen and oxygen atoms in total. The highest BCUT2D eigenvalue weighted by molar-refractivity contribution is 6.44. The zero-order valence-corrected chi connectivity index (χ0v) is 20.7. The third-order valence-electron chi connectivity index (χ3n) is 7.83. The monoisotopic (exact) mass is 517 g/mol. The molecule has 0 spiro atoms. The van der Waals surface area contributed by atoms with Crippen LogP contribution in [0, 0.1) is 24.7 Å². The average molecular weight is 518 g/mol. The minimum atomic E-state index is -0.566. The first-order valence-corrected chi connectivity index (χ1v) is 12.7. The number of rotatable bonds is 3. The maximum Gasteiger partial charge on any atom is 0.240 e. The minimum Gasteiger partial charge on any atom is -0.370 e. The number of hydrogen-bond donors (Lipinski definition) is 0. The molecule has 0 radical (unpaired) electrons. The van der Waals surface area contributed by atoms with Crippen LogP contribution in [0.25, 0.3) is 0 Å². The Labute approximate surface area is 218 Å². The van der Waals surface area contributed by atoms with Gasteiger partial charge in [0.15, 0.2) is 0 Å². The summed E-state index contributed by atoms with van der Waals surface area (Å²) in [4.78, 5) is 28.7. The lowest BCUT2D eigenvalue weighted by molar-refractivity contribution is -0.125. The van der Waals surface area contributed by atoms with E-state index in [1.54, 1.807) is 6.07 Å². The van der Waals surface area contributed by atoms with E-state index in [4.69, 9.17) is 33.0 Å². The molecule has 6 atom stereocenters. The highest BCUT2D eigenvalue weighted by Gasteiger charge is 2.72. The molecule has 4 aliphatic heterocycles. The van der Waals surface area contributed by atoms with Gasteiger partial charge in [-0.15, -0.1) is 0 Å². The molecule has 3 fully saturated rings. The Morgan fingerprint density at radius 3 is 2.19 bits per heavy atom. The number of benzene rings is 3. The number of hydrogen-bond acceptors (Lipinski definition) is 5. The van der Waals surface area contributed by atoms with Crippen LogP contribution in [0.15, 0.2) is 77.9 Å². The van der Waals surface area contributed by atoms with E-state index in [2.05, 4.69) is 0 Å². The third-order valence-corrected chi connectivity index (χ3v) is 8.65. The summed E-state index contributed by atoms with van der Waals surface area (Å²) in [7, 11) is 0. The van der Waals surface area contributed by atoms with Crippen LogP contribution in [0.5, 0.6) is 0 Å². The van der Waals surface area contributed by atoms with Crippen molar-refractivity contribution in [3.05, 3.63) is 94.0 Å². The number of ether oxygens (including phenoxy) is 1. The van der Waals surface area contributed by atoms with Crippen LogP contribution in [0.2, 0.25) is 10.0 Å². The maximum absolute atomic E-state index is 13.7. The van der Waals surface area contributed by atoms with Crippen LogP contribution in [-0.4, -0.2) is 35.8 Å². The summed E-state index contributed by atoms with van der Waals surface area (Å²) in [5.41, 5.74) is 4.00. The van der Waals surface area contributed by atoms with E-state index in [9.17, 15) is 9.59 Å². The number of fused-ring (bicyclic) bond motifs is 8. The van der Waals surface area contributed by atoms with E-state index >= 15 is 0 Å². The smallest absolute Gasteiger partial charge is 0.240 e.